The van der Waals surface area contributed by atoms with Crippen LogP contribution < -0.4 is 10.5 Å². The van der Waals surface area contributed by atoms with E-state index in [1.165, 1.54) is 6.07 Å². The van der Waals surface area contributed by atoms with E-state index in [-0.39, 0.29) is 11.9 Å². The molecule has 0 spiro atoms. The maximum Gasteiger partial charge on any atom is 0.126 e. The Morgan fingerprint density at radius 2 is 2.41 bits per heavy atom. The summed E-state index contributed by atoms with van der Waals surface area (Å²) < 4.78 is 23.9. The van der Waals surface area contributed by atoms with Crippen LogP contribution in [0.4, 0.5) is 4.39 Å². The summed E-state index contributed by atoms with van der Waals surface area (Å²) in [5.74, 6) is 0.820. The lowest BCUT2D eigenvalue weighted by Gasteiger charge is -2.18. The van der Waals surface area contributed by atoms with Crippen LogP contribution in [-0.4, -0.2) is 25.9 Å². The van der Waals surface area contributed by atoms with Crippen LogP contribution in [0.1, 0.15) is 12.0 Å². The third kappa shape index (κ3) is 3.17. The number of ether oxygens (including phenoxy) is 2. The van der Waals surface area contributed by atoms with Gasteiger partial charge in [-0.05, 0) is 37.1 Å². The molecule has 17 heavy (non-hydrogen) atoms. The average Bonchev–Trinajstić information content (AvgIpc) is 2.84. The van der Waals surface area contributed by atoms with Crippen molar-refractivity contribution in [2.45, 2.75) is 19.4 Å². The third-order valence-electron chi connectivity index (χ3n) is 3.14. The molecular weight excluding hydrogens is 221 g/mol. The highest BCUT2D eigenvalue weighted by Crippen LogP contribution is 2.19. The molecule has 0 aliphatic carbocycles. The second-order valence-electron chi connectivity index (χ2n) is 4.51. The molecule has 1 aromatic rings. The van der Waals surface area contributed by atoms with Crippen LogP contribution in [0, 0.1) is 18.7 Å². The van der Waals surface area contributed by atoms with Crippen molar-refractivity contribution in [3.63, 3.8) is 0 Å². The normalized spacial score (nSPS) is 21.5. The second kappa shape index (κ2) is 5.47. The van der Waals surface area contributed by atoms with E-state index in [1.807, 2.05) is 0 Å². The Bertz CT molecular complexity index is 378. The lowest BCUT2D eigenvalue weighted by molar-refractivity contribution is 0.170. The number of aryl methyl sites for hydroxylation is 1. The van der Waals surface area contributed by atoms with E-state index >= 15 is 0 Å². The molecule has 0 radical (unpaired) electrons. The van der Waals surface area contributed by atoms with Crippen LogP contribution in [-0.2, 0) is 4.74 Å². The Kier molecular flexibility index (Phi) is 3.97. The van der Waals surface area contributed by atoms with Gasteiger partial charge in [0, 0.05) is 18.6 Å². The van der Waals surface area contributed by atoms with Crippen LogP contribution in [0.3, 0.4) is 0 Å². The van der Waals surface area contributed by atoms with Crippen molar-refractivity contribution in [3.05, 3.63) is 29.6 Å². The fraction of sp³-hybridized carbons (Fsp3) is 0.538. The van der Waals surface area contributed by atoms with E-state index in [0.29, 0.717) is 30.4 Å². The summed E-state index contributed by atoms with van der Waals surface area (Å²) in [5.41, 5.74) is 6.60. The number of benzene rings is 1. The predicted molar refractivity (Wildman–Crippen MR) is 63.5 cm³/mol. The van der Waals surface area contributed by atoms with Gasteiger partial charge in [0.25, 0.3) is 0 Å². The zero-order chi connectivity index (χ0) is 12.3. The fourth-order valence-electron chi connectivity index (χ4n) is 1.93. The zero-order valence-electron chi connectivity index (χ0n) is 9.99. The first-order chi connectivity index (χ1) is 8.16. The molecule has 1 aliphatic rings. The molecule has 0 aromatic heterocycles. The van der Waals surface area contributed by atoms with Crippen molar-refractivity contribution in [1.29, 1.82) is 0 Å². The summed E-state index contributed by atoms with van der Waals surface area (Å²) in [6.45, 7) is 3.66. The monoisotopic (exact) mass is 239 g/mol. The number of hydrogen-bond acceptors (Lipinski definition) is 3. The molecule has 0 amide bonds. The van der Waals surface area contributed by atoms with E-state index in [4.69, 9.17) is 15.2 Å². The largest absolute Gasteiger partial charge is 0.492 e. The van der Waals surface area contributed by atoms with E-state index in [0.717, 1.165) is 13.0 Å². The number of halogens is 1. The van der Waals surface area contributed by atoms with Gasteiger partial charge >= 0.3 is 0 Å². The summed E-state index contributed by atoms with van der Waals surface area (Å²) in [7, 11) is 0. The molecule has 94 valence electrons. The van der Waals surface area contributed by atoms with Gasteiger partial charge in [-0.25, -0.2) is 4.39 Å². The minimum atomic E-state index is -0.217. The van der Waals surface area contributed by atoms with Gasteiger partial charge in [-0.3, -0.25) is 0 Å². The molecule has 1 aliphatic heterocycles. The molecule has 2 N–H and O–H groups in total. The van der Waals surface area contributed by atoms with Crippen LogP contribution in [0.5, 0.6) is 5.75 Å². The summed E-state index contributed by atoms with van der Waals surface area (Å²) in [6.07, 6.45) is 0.993. The molecule has 2 rings (SSSR count). The van der Waals surface area contributed by atoms with Crippen molar-refractivity contribution in [2.24, 2.45) is 11.7 Å². The molecule has 0 saturated carbocycles. The summed E-state index contributed by atoms with van der Waals surface area (Å²) in [4.78, 5) is 0. The van der Waals surface area contributed by atoms with E-state index in [2.05, 4.69) is 0 Å². The third-order valence-corrected chi connectivity index (χ3v) is 3.14. The maximum atomic E-state index is 13.0. The van der Waals surface area contributed by atoms with Crippen molar-refractivity contribution >= 4 is 0 Å². The minimum Gasteiger partial charge on any atom is -0.492 e. The van der Waals surface area contributed by atoms with E-state index < -0.39 is 0 Å². The Morgan fingerprint density at radius 1 is 1.59 bits per heavy atom. The van der Waals surface area contributed by atoms with Crippen molar-refractivity contribution in [2.75, 3.05) is 19.8 Å². The molecular formula is C13H18FNO2. The summed E-state index contributed by atoms with van der Waals surface area (Å²) >= 11 is 0. The van der Waals surface area contributed by atoms with Crippen molar-refractivity contribution in [1.82, 2.24) is 0 Å². The topological polar surface area (TPSA) is 44.5 Å². The van der Waals surface area contributed by atoms with Gasteiger partial charge in [0.1, 0.15) is 18.2 Å². The van der Waals surface area contributed by atoms with Gasteiger partial charge in [-0.1, -0.05) is 0 Å². The first-order valence-corrected chi connectivity index (χ1v) is 5.89. The van der Waals surface area contributed by atoms with E-state index in [1.54, 1.807) is 19.1 Å². The number of rotatable bonds is 4. The molecule has 0 bridgehead atoms. The number of nitrogens with two attached hydrogens (primary N) is 1. The molecule has 3 nitrogen and oxygen atoms in total. The van der Waals surface area contributed by atoms with Crippen LogP contribution >= 0.6 is 0 Å². The highest BCUT2D eigenvalue weighted by atomic mass is 19.1. The predicted octanol–water partition coefficient (Wildman–Crippen LogP) is 1.88. The molecule has 1 aromatic carbocycles. The molecule has 2 atom stereocenters. The zero-order valence-corrected chi connectivity index (χ0v) is 9.99. The van der Waals surface area contributed by atoms with Gasteiger partial charge in [0.15, 0.2) is 0 Å². The maximum absolute atomic E-state index is 13.0. The summed E-state index contributed by atoms with van der Waals surface area (Å²) in [5, 5.41) is 0. The molecule has 1 saturated heterocycles. The van der Waals surface area contributed by atoms with Crippen molar-refractivity contribution < 1.29 is 13.9 Å². The lowest BCUT2D eigenvalue weighted by atomic mass is 10.0. The first-order valence-electron chi connectivity index (χ1n) is 5.89. The highest BCUT2D eigenvalue weighted by molar-refractivity contribution is 5.28. The Morgan fingerprint density at radius 3 is 3.06 bits per heavy atom. The van der Waals surface area contributed by atoms with Gasteiger partial charge in [0.2, 0.25) is 0 Å². The molecule has 1 heterocycles. The van der Waals surface area contributed by atoms with Crippen LogP contribution in [0.25, 0.3) is 0 Å². The lowest BCUT2D eigenvalue weighted by Crippen LogP contribution is -2.36. The Hall–Kier alpha value is -1.13. The average molecular weight is 239 g/mol. The van der Waals surface area contributed by atoms with Gasteiger partial charge in [-0.2, -0.15) is 0 Å². The Labute approximate surface area is 101 Å². The molecule has 2 unspecified atom stereocenters. The summed E-state index contributed by atoms with van der Waals surface area (Å²) in [6, 6.07) is 4.70. The highest BCUT2D eigenvalue weighted by Gasteiger charge is 2.23. The number of hydrogen-bond donors (Lipinski definition) is 1. The fourth-order valence-corrected chi connectivity index (χ4v) is 1.93. The smallest absolute Gasteiger partial charge is 0.126 e. The quantitative estimate of drug-likeness (QED) is 0.872. The SMILES string of the molecule is Cc1cc(OCC(N)C2CCOC2)ccc1F. The van der Waals surface area contributed by atoms with Crippen LogP contribution in [0.2, 0.25) is 0 Å². The van der Waals surface area contributed by atoms with Crippen molar-refractivity contribution in [3.8, 4) is 5.75 Å². The van der Waals surface area contributed by atoms with Gasteiger partial charge in [-0.15, -0.1) is 0 Å². The molecule has 4 heteroatoms. The Balaban J connectivity index is 1.86. The standard InChI is InChI=1S/C13H18FNO2/c1-9-6-11(2-3-12(9)14)17-8-13(15)10-4-5-16-7-10/h2-3,6,10,13H,4-5,7-8,15H2,1H3. The van der Waals surface area contributed by atoms with Crippen LogP contribution in [0.15, 0.2) is 18.2 Å². The minimum absolute atomic E-state index is 0.0251. The van der Waals surface area contributed by atoms with E-state index in [9.17, 15) is 4.39 Å². The van der Waals surface area contributed by atoms with Gasteiger partial charge < -0.3 is 15.2 Å². The van der Waals surface area contributed by atoms with Gasteiger partial charge in [0.05, 0.1) is 6.61 Å². The molecule has 1 fully saturated rings. The first kappa shape index (κ1) is 12.3. The second-order valence-corrected chi connectivity index (χ2v) is 4.51.